The largest absolute Gasteiger partial charge is 1.00 e. The first kappa shape index (κ1) is 25.9. The second-order valence-electron chi connectivity index (χ2n) is 5.08. The second kappa shape index (κ2) is 12.9. The van der Waals surface area contributed by atoms with E-state index in [0.29, 0.717) is 24.5 Å². The van der Waals surface area contributed by atoms with Crippen molar-refractivity contribution in [3.63, 3.8) is 0 Å². The molecule has 0 saturated carbocycles. The molecule has 0 spiro atoms. The Hall–Kier alpha value is -0.340. The zero-order chi connectivity index (χ0) is 16.7. The minimum absolute atomic E-state index is 0. The van der Waals surface area contributed by atoms with Crippen molar-refractivity contribution in [2.45, 2.75) is 20.3 Å². The van der Waals surface area contributed by atoms with E-state index in [1.54, 1.807) is 38.1 Å². The van der Waals surface area contributed by atoms with Crippen molar-refractivity contribution in [1.29, 1.82) is 0 Å². The molecule has 24 heavy (non-hydrogen) atoms. The Kier molecular flexibility index (Phi) is 14.0. The molecule has 0 aromatic heterocycles. The summed E-state index contributed by atoms with van der Waals surface area (Å²) >= 11 is 0. The van der Waals surface area contributed by atoms with E-state index in [0.717, 1.165) is 0 Å². The van der Waals surface area contributed by atoms with Gasteiger partial charge < -0.3 is 30.3 Å². The van der Waals surface area contributed by atoms with Crippen molar-refractivity contribution < 1.29 is 83.7 Å². The van der Waals surface area contributed by atoms with Crippen LogP contribution in [0.15, 0.2) is 35.4 Å². The van der Waals surface area contributed by atoms with Crippen molar-refractivity contribution in [2.24, 2.45) is 11.7 Å². The molecule has 0 fully saturated rings. The summed E-state index contributed by atoms with van der Waals surface area (Å²) in [7, 11) is 0. The van der Waals surface area contributed by atoms with Crippen LogP contribution >= 0.6 is 0 Å². The summed E-state index contributed by atoms with van der Waals surface area (Å²) in [6.07, 6.45) is -0.0546. The Morgan fingerprint density at radius 3 is 2.00 bits per heavy atom. The normalized spacial score (nSPS) is 11.0. The van der Waals surface area contributed by atoms with Gasteiger partial charge in [0.25, 0.3) is 0 Å². The van der Waals surface area contributed by atoms with E-state index in [9.17, 15) is 19.8 Å². The minimum Gasteiger partial charge on any atom is -0.545 e. The van der Waals surface area contributed by atoms with E-state index in [2.05, 4.69) is 0 Å². The van der Waals surface area contributed by atoms with Gasteiger partial charge in [0.05, 0.1) is 11.9 Å². The average Bonchev–Trinajstić information content (AvgIpc) is 2.44. The first-order valence-electron chi connectivity index (χ1n) is 6.94. The van der Waals surface area contributed by atoms with Gasteiger partial charge in [-0.15, -0.1) is 0 Å². The number of benzene rings is 1. The van der Waals surface area contributed by atoms with Crippen LogP contribution in [0.3, 0.4) is 0 Å². The summed E-state index contributed by atoms with van der Waals surface area (Å²) in [5.41, 5.74) is 5.45. The number of carbonyl (C=O) groups is 2. The van der Waals surface area contributed by atoms with E-state index in [-0.39, 0.29) is 76.7 Å². The average molecular weight is 351 g/mol. The van der Waals surface area contributed by atoms with Crippen molar-refractivity contribution >= 4 is 11.9 Å². The summed E-state index contributed by atoms with van der Waals surface area (Å²) < 4.78 is 5.32. The van der Waals surface area contributed by atoms with Gasteiger partial charge in [0, 0.05) is 6.54 Å². The van der Waals surface area contributed by atoms with Crippen LogP contribution in [0.25, 0.3) is 0 Å². The van der Waals surface area contributed by atoms with Gasteiger partial charge in [-0.2, -0.15) is 0 Å². The summed E-state index contributed by atoms with van der Waals surface area (Å²) in [4.78, 5) is 22.4. The molecule has 1 aromatic carbocycles. The molecule has 0 atom stereocenters. The van der Waals surface area contributed by atoms with Gasteiger partial charge in [0.15, 0.2) is 0 Å². The Morgan fingerprint density at radius 2 is 1.62 bits per heavy atom. The SMILES string of the molecule is CC(C)/C(C(=O)[O-])=C(\Cc1ccc(OCCN)cc1)C(=O)[O-].[Na+].[Na+]. The van der Waals surface area contributed by atoms with Crippen LogP contribution in [0, 0.1) is 5.92 Å². The molecule has 0 aliphatic heterocycles. The Morgan fingerprint density at radius 1 is 1.08 bits per heavy atom. The summed E-state index contributed by atoms with van der Waals surface area (Å²) in [5.74, 6) is -2.87. The van der Waals surface area contributed by atoms with Crippen LogP contribution in [0.1, 0.15) is 19.4 Å². The third-order valence-corrected chi connectivity index (χ3v) is 3.06. The molecule has 2 N–H and O–H groups in total. The first-order valence-corrected chi connectivity index (χ1v) is 6.94. The number of carboxylic acid groups (broad SMARTS) is 2. The topological polar surface area (TPSA) is 116 Å². The molecular weight excluding hydrogens is 332 g/mol. The van der Waals surface area contributed by atoms with Crippen molar-refractivity contribution in [3.05, 3.63) is 41.0 Å². The maximum Gasteiger partial charge on any atom is 1.00 e. The molecule has 8 heteroatoms. The molecule has 0 unspecified atom stereocenters. The van der Waals surface area contributed by atoms with Gasteiger partial charge >= 0.3 is 59.1 Å². The van der Waals surface area contributed by atoms with Crippen molar-refractivity contribution in [2.75, 3.05) is 13.2 Å². The predicted octanol–water partition coefficient (Wildman–Crippen LogP) is -6.97. The third kappa shape index (κ3) is 8.16. The van der Waals surface area contributed by atoms with Crippen LogP contribution in [-0.4, -0.2) is 25.1 Å². The summed E-state index contributed by atoms with van der Waals surface area (Å²) in [6.45, 7) is 3.96. The molecule has 0 amide bonds. The molecule has 0 aliphatic carbocycles. The van der Waals surface area contributed by atoms with E-state index >= 15 is 0 Å². The van der Waals surface area contributed by atoms with Crippen LogP contribution < -0.4 is 79.8 Å². The Bertz CT molecular complexity index is 570. The zero-order valence-electron chi connectivity index (χ0n) is 14.6. The fourth-order valence-corrected chi connectivity index (χ4v) is 2.07. The van der Waals surface area contributed by atoms with Crippen LogP contribution in [0.5, 0.6) is 5.75 Å². The molecule has 0 heterocycles. The van der Waals surface area contributed by atoms with Gasteiger partial charge in [-0.1, -0.05) is 26.0 Å². The molecule has 0 radical (unpaired) electrons. The van der Waals surface area contributed by atoms with Crippen molar-refractivity contribution in [1.82, 2.24) is 0 Å². The predicted molar refractivity (Wildman–Crippen MR) is 76.6 cm³/mol. The van der Waals surface area contributed by atoms with E-state index in [1.807, 2.05) is 0 Å². The molecule has 1 aromatic rings. The van der Waals surface area contributed by atoms with Gasteiger partial charge in [-0.3, -0.25) is 0 Å². The number of rotatable bonds is 8. The summed E-state index contributed by atoms with van der Waals surface area (Å²) in [5, 5.41) is 22.4. The zero-order valence-corrected chi connectivity index (χ0v) is 18.6. The molecular formula is C16H19NNa2O5. The molecule has 6 nitrogen and oxygen atoms in total. The maximum absolute atomic E-state index is 11.3. The number of ether oxygens (including phenoxy) is 1. The van der Waals surface area contributed by atoms with E-state index < -0.39 is 17.9 Å². The van der Waals surface area contributed by atoms with Gasteiger partial charge in [0.1, 0.15) is 12.4 Å². The van der Waals surface area contributed by atoms with Crippen molar-refractivity contribution in [3.8, 4) is 5.75 Å². The molecule has 0 saturated heterocycles. The summed E-state index contributed by atoms with van der Waals surface area (Å²) in [6, 6.07) is 6.68. The quantitative estimate of drug-likeness (QED) is 0.368. The van der Waals surface area contributed by atoms with Gasteiger partial charge in [0.2, 0.25) is 0 Å². The number of aliphatic carboxylic acids is 2. The number of nitrogens with two attached hydrogens (primary N) is 1. The van der Waals surface area contributed by atoms with E-state index in [1.165, 1.54) is 0 Å². The fourth-order valence-electron chi connectivity index (χ4n) is 2.07. The number of hydrogen-bond donors (Lipinski definition) is 1. The maximum atomic E-state index is 11.3. The third-order valence-electron chi connectivity index (χ3n) is 3.06. The van der Waals surface area contributed by atoms with Crippen LogP contribution in [-0.2, 0) is 16.0 Å². The molecule has 120 valence electrons. The number of carboxylic acids is 2. The standard InChI is InChI=1S/C16H21NO5.2Na/c1-10(2)14(16(20)21)13(15(18)19)9-11-3-5-12(6-4-11)22-8-7-17;;/h3-6,10H,7-9,17H2,1-2H3,(H,18,19)(H,20,21);;/q;2*+1/p-2/b14-13-;;. The monoisotopic (exact) mass is 351 g/mol. The van der Waals surface area contributed by atoms with Crippen LogP contribution in [0.2, 0.25) is 0 Å². The van der Waals surface area contributed by atoms with E-state index in [4.69, 9.17) is 10.5 Å². The van der Waals surface area contributed by atoms with Gasteiger partial charge in [-0.25, -0.2) is 0 Å². The van der Waals surface area contributed by atoms with Gasteiger partial charge in [-0.05, 0) is 41.2 Å². The molecule has 0 bridgehead atoms. The molecule has 0 aliphatic rings. The Labute approximate surface area is 186 Å². The second-order valence-corrected chi connectivity index (χ2v) is 5.08. The number of carbonyl (C=O) groups excluding carboxylic acids is 2. The Balaban J connectivity index is 0. The van der Waals surface area contributed by atoms with Crippen LogP contribution in [0.4, 0.5) is 0 Å². The minimum atomic E-state index is -1.50. The fraction of sp³-hybridized carbons (Fsp3) is 0.375. The number of hydrogen-bond acceptors (Lipinski definition) is 6. The smallest absolute Gasteiger partial charge is 0.545 e. The first-order chi connectivity index (χ1) is 10.4. The molecule has 1 rings (SSSR count).